The molecule has 1 amide bonds. The first-order valence-electron chi connectivity index (χ1n) is 9.01. The molecule has 1 aliphatic heterocycles. The molecule has 3 rings (SSSR count). The van der Waals surface area contributed by atoms with Gasteiger partial charge < -0.3 is 14.8 Å². The number of likely N-dealkylation sites (tertiary alicyclic amines) is 1. The van der Waals surface area contributed by atoms with Crippen molar-refractivity contribution in [1.82, 2.24) is 15.2 Å². The second-order valence-corrected chi connectivity index (χ2v) is 7.24. The smallest absolute Gasteiger partial charge is 0.253 e. The summed E-state index contributed by atoms with van der Waals surface area (Å²) in [6.45, 7) is 0.925. The number of hydrogen-bond acceptors (Lipinski definition) is 5. The number of alkyl halides is 2. The number of carbonyl (C=O) groups excluding carboxylic acids is 1. The van der Waals surface area contributed by atoms with Gasteiger partial charge in [-0.3, -0.25) is 9.69 Å². The van der Waals surface area contributed by atoms with E-state index in [-0.39, 0.29) is 68.0 Å². The molecule has 1 saturated heterocycles. The minimum Gasteiger partial charge on any atom is -0.481 e. The molecule has 6 nitrogen and oxygen atoms in total. The molecule has 10 heteroatoms. The second kappa shape index (κ2) is 9.17. The first-order chi connectivity index (χ1) is 12.8. The fourth-order valence-electron chi connectivity index (χ4n) is 3.54. The summed E-state index contributed by atoms with van der Waals surface area (Å²) in [6.07, 6.45) is 1.24. The van der Waals surface area contributed by atoms with Crippen LogP contribution in [0.4, 0.5) is 13.2 Å². The number of nitrogens with one attached hydrogen (secondary N) is 1. The first-order valence-corrected chi connectivity index (χ1v) is 9.01. The van der Waals surface area contributed by atoms with E-state index in [4.69, 9.17) is 9.47 Å². The molecule has 1 aromatic rings. The normalized spacial score (nSPS) is 21.5. The standard InChI is InChI=1S/C18H24F3N3O3.ClH/c1-24-5-3-4-14(24)15(25)22-9-12-6-13(19)17(23-16(12)26-2)27-10-11-7-18(20,21)8-11;/h6,11,14H,3-5,7-10H2,1-2H3,(H,22,25);1H/t14-;/m0./s1. The Kier molecular flexibility index (Phi) is 7.39. The monoisotopic (exact) mass is 423 g/mol. The summed E-state index contributed by atoms with van der Waals surface area (Å²) in [7, 11) is 3.27. The topological polar surface area (TPSA) is 63.7 Å². The molecule has 2 heterocycles. The van der Waals surface area contributed by atoms with E-state index in [1.165, 1.54) is 13.2 Å². The van der Waals surface area contributed by atoms with Crippen LogP contribution in [0.1, 0.15) is 31.2 Å². The zero-order chi connectivity index (χ0) is 19.6. The SMILES string of the molecule is COc1nc(OCC2CC(F)(F)C2)c(F)cc1CNC(=O)[C@@H]1CCCN1C.Cl. The number of methoxy groups -OCH3 is 1. The summed E-state index contributed by atoms with van der Waals surface area (Å²) in [4.78, 5) is 18.2. The lowest BCUT2D eigenvalue weighted by atomic mass is 9.82. The van der Waals surface area contributed by atoms with Gasteiger partial charge >= 0.3 is 0 Å². The fraction of sp³-hybridized carbons (Fsp3) is 0.667. The van der Waals surface area contributed by atoms with E-state index in [9.17, 15) is 18.0 Å². The van der Waals surface area contributed by atoms with Crippen LogP contribution in [-0.4, -0.2) is 55.1 Å². The van der Waals surface area contributed by atoms with Gasteiger partial charge in [0.25, 0.3) is 5.88 Å². The highest BCUT2D eigenvalue weighted by Gasteiger charge is 2.45. The Balaban J connectivity index is 0.00000280. The number of ether oxygens (including phenoxy) is 2. The van der Waals surface area contributed by atoms with Gasteiger partial charge in [0, 0.05) is 30.9 Å². The molecular weight excluding hydrogens is 399 g/mol. The Labute approximate surface area is 168 Å². The molecule has 1 aliphatic carbocycles. The number of carbonyl (C=O) groups is 1. The molecule has 0 radical (unpaired) electrons. The number of pyridine rings is 1. The highest BCUT2D eigenvalue weighted by atomic mass is 35.5. The molecule has 0 unspecified atom stereocenters. The molecule has 1 atom stereocenters. The van der Waals surface area contributed by atoms with Crippen molar-refractivity contribution in [1.29, 1.82) is 0 Å². The van der Waals surface area contributed by atoms with Crippen molar-refractivity contribution < 1.29 is 27.4 Å². The van der Waals surface area contributed by atoms with Gasteiger partial charge in [0.05, 0.1) is 19.8 Å². The molecule has 0 spiro atoms. The van der Waals surface area contributed by atoms with Crippen molar-refractivity contribution in [2.24, 2.45) is 5.92 Å². The predicted octanol–water partition coefficient (Wildman–Crippen LogP) is 2.79. The van der Waals surface area contributed by atoms with Crippen LogP contribution in [0, 0.1) is 11.7 Å². The molecule has 2 fully saturated rings. The Hall–Kier alpha value is -1.74. The van der Waals surface area contributed by atoms with Gasteiger partial charge in [-0.2, -0.15) is 4.98 Å². The minimum absolute atomic E-state index is 0. The van der Waals surface area contributed by atoms with Crippen LogP contribution in [0.5, 0.6) is 11.8 Å². The molecule has 1 saturated carbocycles. The van der Waals surface area contributed by atoms with Crippen LogP contribution < -0.4 is 14.8 Å². The molecule has 2 aliphatic rings. The fourth-order valence-corrected chi connectivity index (χ4v) is 3.54. The summed E-state index contributed by atoms with van der Waals surface area (Å²) in [5, 5.41) is 2.78. The highest BCUT2D eigenvalue weighted by Crippen LogP contribution is 2.42. The van der Waals surface area contributed by atoms with Crippen molar-refractivity contribution >= 4 is 18.3 Å². The van der Waals surface area contributed by atoms with Crippen LogP contribution in [0.15, 0.2) is 6.07 Å². The number of hydrogen-bond donors (Lipinski definition) is 1. The summed E-state index contributed by atoms with van der Waals surface area (Å²) >= 11 is 0. The van der Waals surface area contributed by atoms with Crippen molar-refractivity contribution in [3.05, 3.63) is 17.4 Å². The maximum atomic E-state index is 14.3. The average molecular weight is 424 g/mol. The van der Waals surface area contributed by atoms with Gasteiger partial charge in [-0.25, -0.2) is 13.2 Å². The molecule has 0 aromatic carbocycles. The third kappa shape index (κ3) is 5.20. The maximum absolute atomic E-state index is 14.3. The van der Waals surface area contributed by atoms with Crippen molar-refractivity contribution in [3.8, 4) is 11.8 Å². The van der Waals surface area contributed by atoms with Crippen LogP contribution in [0.25, 0.3) is 0 Å². The number of likely N-dealkylation sites (N-methyl/N-ethyl adjacent to an activating group) is 1. The second-order valence-electron chi connectivity index (χ2n) is 7.24. The van der Waals surface area contributed by atoms with Gasteiger partial charge in [-0.15, -0.1) is 12.4 Å². The summed E-state index contributed by atoms with van der Waals surface area (Å²) < 4.78 is 50.4. The molecule has 0 bridgehead atoms. The summed E-state index contributed by atoms with van der Waals surface area (Å²) in [5.74, 6) is -3.95. The molecular formula is C18H25ClF3N3O3. The van der Waals surface area contributed by atoms with Gasteiger partial charge in [0.2, 0.25) is 17.7 Å². The van der Waals surface area contributed by atoms with Gasteiger partial charge in [0.15, 0.2) is 5.82 Å². The van der Waals surface area contributed by atoms with E-state index in [0.717, 1.165) is 19.4 Å². The molecule has 1 aromatic heterocycles. The lowest BCUT2D eigenvalue weighted by molar-refractivity contribution is -0.125. The van der Waals surface area contributed by atoms with Gasteiger partial charge in [0.1, 0.15) is 0 Å². The largest absolute Gasteiger partial charge is 0.481 e. The van der Waals surface area contributed by atoms with Crippen LogP contribution in [0.3, 0.4) is 0 Å². The summed E-state index contributed by atoms with van der Waals surface area (Å²) in [5.41, 5.74) is 0.381. The molecule has 28 heavy (non-hydrogen) atoms. The third-order valence-electron chi connectivity index (χ3n) is 5.08. The van der Waals surface area contributed by atoms with Crippen molar-refractivity contribution in [2.75, 3.05) is 27.3 Å². The predicted molar refractivity (Wildman–Crippen MR) is 98.7 cm³/mol. The number of rotatable bonds is 7. The molecule has 1 N–H and O–H groups in total. The number of amides is 1. The number of nitrogens with zero attached hydrogens (tertiary/aromatic N) is 2. The average Bonchev–Trinajstić information content (AvgIpc) is 3.02. The van der Waals surface area contributed by atoms with E-state index in [1.807, 2.05) is 11.9 Å². The molecule has 158 valence electrons. The zero-order valence-electron chi connectivity index (χ0n) is 15.8. The quantitative estimate of drug-likeness (QED) is 0.730. The third-order valence-corrected chi connectivity index (χ3v) is 5.08. The van der Waals surface area contributed by atoms with Crippen LogP contribution in [0.2, 0.25) is 0 Å². The highest BCUT2D eigenvalue weighted by molar-refractivity contribution is 5.85. The van der Waals surface area contributed by atoms with Gasteiger partial charge in [-0.1, -0.05) is 0 Å². The lowest BCUT2D eigenvalue weighted by Crippen LogP contribution is -2.41. The van der Waals surface area contributed by atoms with E-state index in [0.29, 0.717) is 5.56 Å². The maximum Gasteiger partial charge on any atom is 0.253 e. The van der Waals surface area contributed by atoms with Crippen LogP contribution >= 0.6 is 12.4 Å². The number of halogens is 4. The van der Waals surface area contributed by atoms with Crippen LogP contribution in [-0.2, 0) is 11.3 Å². The Bertz CT molecular complexity index is 700. The minimum atomic E-state index is -2.65. The lowest BCUT2D eigenvalue weighted by Gasteiger charge is -2.34. The Morgan fingerprint density at radius 3 is 2.68 bits per heavy atom. The number of aromatic nitrogens is 1. The van der Waals surface area contributed by atoms with E-state index in [2.05, 4.69) is 10.3 Å². The van der Waals surface area contributed by atoms with Gasteiger partial charge in [-0.05, 0) is 32.5 Å². The Morgan fingerprint density at radius 2 is 2.11 bits per heavy atom. The van der Waals surface area contributed by atoms with E-state index >= 15 is 0 Å². The summed E-state index contributed by atoms with van der Waals surface area (Å²) in [6, 6.07) is 1.01. The van der Waals surface area contributed by atoms with Crippen molar-refractivity contribution in [3.63, 3.8) is 0 Å². The Morgan fingerprint density at radius 1 is 1.39 bits per heavy atom. The first kappa shape index (κ1) is 22.5. The van der Waals surface area contributed by atoms with E-state index < -0.39 is 11.7 Å². The van der Waals surface area contributed by atoms with Crippen molar-refractivity contribution in [2.45, 2.75) is 44.2 Å². The zero-order valence-corrected chi connectivity index (χ0v) is 16.7. The van der Waals surface area contributed by atoms with E-state index in [1.54, 1.807) is 0 Å².